The Kier molecular flexibility index (Phi) is 6.56. The lowest BCUT2D eigenvalue weighted by Crippen LogP contribution is -2.35. The summed E-state index contributed by atoms with van der Waals surface area (Å²) in [6, 6.07) is 13.0. The first-order valence-electron chi connectivity index (χ1n) is 9.47. The topological polar surface area (TPSA) is 76.0 Å². The third-order valence-corrected chi connectivity index (χ3v) is 4.67. The standard InChI is InChI=1S/C22H22F2N4O2/c1-14-19(15(2)28(27-14)13-16-7-4-3-5-8-16)21(29)25-11-12-26-22(30)20-17(23)9-6-10-18(20)24/h3-10H,11-13H2,1-2H3,(H,25,29)(H,26,30). The number of rotatable bonds is 7. The second-order valence-electron chi connectivity index (χ2n) is 6.80. The van der Waals surface area contributed by atoms with Gasteiger partial charge in [-0.2, -0.15) is 5.10 Å². The van der Waals surface area contributed by atoms with Crippen molar-refractivity contribution in [2.24, 2.45) is 0 Å². The second kappa shape index (κ2) is 9.30. The zero-order valence-electron chi connectivity index (χ0n) is 16.7. The van der Waals surface area contributed by atoms with Crippen LogP contribution in [0.1, 0.15) is 37.7 Å². The summed E-state index contributed by atoms with van der Waals surface area (Å²) in [4.78, 5) is 24.5. The maximum Gasteiger partial charge on any atom is 0.257 e. The molecule has 2 amide bonds. The van der Waals surface area contributed by atoms with Crippen LogP contribution in [0.4, 0.5) is 8.78 Å². The van der Waals surface area contributed by atoms with E-state index >= 15 is 0 Å². The van der Waals surface area contributed by atoms with E-state index < -0.39 is 23.1 Å². The summed E-state index contributed by atoms with van der Waals surface area (Å²) in [5, 5.41) is 9.54. The molecule has 0 aliphatic carbocycles. The lowest BCUT2D eigenvalue weighted by atomic mass is 10.1. The van der Waals surface area contributed by atoms with E-state index in [4.69, 9.17) is 0 Å². The summed E-state index contributed by atoms with van der Waals surface area (Å²) in [6.07, 6.45) is 0. The SMILES string of the molecule is Cc1nn(Cc2ccccc2)c(C)c1C(=O)NCCNC(=O)c1c(F)cccc1F. The molecule has 1 heterocycles. The largest absolute Gasteiger partial charge is 0.350 e. The molecular formula is C22H22F2N4O2. The highest BCUT2D eigenvalue weighted by atomic mass is 19.1. The normalized spacial score (nSPS) is 10.7. The summed E-state index contributed by atoms with van der Waals surface area (Å²) in [7, 11) is 0. The number of nitrogens with one attached hydrogen (secondary N) is 2. The number of aromatic nitrogens is 2. The average Bonchev–Trinajstić information content (AvgIpc) is 2.99. The molecule has 0 saturated carbocycles. The molecule has 2 aromatic carbocycles. The predicted molar refractivity (Wildman–Crippen MR) is 108 cm³/mol. The maximum atomic E-state index is 13.6. The Balaban J connectivity index is 1.57. The molecule has 0 bridgehead atoms. The van der Waals surface area contributed by atoms with Gasteiger partial charge >= 0.3 is 0 Å². The van der Waals surface area contributed by atoms with Crippen molar-refractivity contribution in [3.8, 4) is 0 Å². The molecule has 0 atom stereocenters. The number of nitrogens with zero attached hydrogens (tertiary/aromatic N) is 2. The third-order valence-electron chi connectivity index (χ3n) is 4.67. The predicted octanol–water partition coefficient (Wildman–Crippen LogP) is 2.99. The Labute approximate surface area is 172 Å². The molecule has 0 radical (unpaired) electrons. The fraction of sp³-hybridized carbons (Fsp3) is 0.227. The second-order valence-corrected chi connectivity index (χ2v) is 6.80. The molecule has 30 heavy (non-hydrogen) atoms. The van der Waals surface area contributed by atoms with E-state index in [1.807, 2.05) is 37.3 Å². The molecule has 3 rings (SSSR count). The minimum atomic E-state index is -0.936. The number of halogens is 2. The molecule has 0 unspecified atom stereocenters. The number of carbonyl (C=O) groups excluding carboxylic acids is 2. The molecule has 0 saturated heterocycles. The van der Waals surface area contributed by atoms with E-state index in [0.29, 0.717) is 17.8 Å². The molecule has 0 aliphatic rings. The Morgan fingerprint density at radius 3 is 2.03 bits per heavy atom. The van der Waals surface area contributed by atoms with Crippen LogP contribution in [0.2, 0.25) is 0 Å². The molecule has 6 nitrogen and oxygen atoms in total. The van der Waals surface area contributed by atoms with E-state index in [2.05, 4.69) is 15.7 Å². The molecular weight excluding hydrogens is 390 g/mol. The van der Waals surface area contributed by atoms with Crippen LogP contribution in [0.15, 0.2) is 48.5 Å². The Morgan fingerprint density at radius 2 is 1.43 bits per heavy atom. The zero-order valence-corrected chi connectivity index (χ0v) is 16.7. The van der Waals surface area contributed by atoms with E-state index in [1.54, 1.807) is 11.6 Å². The van der Waals surface area contributed by atoms with Crippen LogP contribution in [0.3, 0.4) is 0 Å². The van der Waals surface area contributed by atoms with Gasteiger partial charge in [0.2, 0.25) is 0 Å². The Bertz CT molecular complexity index is 1040. The fourth-order valence-electron chi connectivity index (χ4n) is 3.18. The van der Waals surface area contributed by atoms with E-state index in [0.717, 1.165) is 23.4 Å². The number of carbonyl (C=O) groups is 2. The molecule has 1 aromatic heterocycles. The summed E-state index contributed by atoms with van der Waals surface area (Å²) in [5.41, 5.74) is 2.22. The maximum absolute atomic E-state index is 13.6. The summed E-state index contributed by atoms with van der Waals surface area (Å²) in [5.74, 6) is -3.07. The molecule has 2 N–H and O–H groups in total. The first-order valence-corrected chi connectivity index (χ1v) is 9.47. The van der Waals surface area contributed by atoms with Crippen LogP contribution in [0, 0.1) is 25.5 Å². The molecule has 0 spiro atoms. The fourth-order valence-corrected chi connectivity index (χ4v) is 3.18. The van der Waals surface area contributed by atoms with Gasteiger partial charge in [0.25, 0.3) is 11.8 Å². The Hall–Kier alpha value is -3.55. The Morgan fingerprint density at radius 1 is 0.867 bits per heavy atom. The van der Waals surface area contributed by atoms with Gasteiger partial charge in [-0.05, 0) is 31.5 Å². The lowest BCUT2D eigenvalue weighted by Gasteiger charge is -2.09. The quantitative estimate of drug-likeness (QED) is 0.586. The molecule has 8 heteroatoms. The third kappa shape index (κ3) is 4.71. The van der Waals surface area contributed by atoms with Crippen LogP contribution in [0.25, 0.3) is 0 Å². The van der Waals surface area contributed by atoms with Gasteiger partial charge in [0.15, 0.2) is 0 Å². The van der Waals surface area contributed by atoms with Gasteiger partial charge in [-0.3, -0.25) is 14.3 Å². The number of hydrogen-bond donors (Lipinski definition) is 2. The molecule has 0 fully saturated rings. The number of amides is 2. The van der Waals surface area contributed by atoms with Crippen LogP contribution in [0.5, 0.6) is 0 Å². The van der Waals surface area contributed by atoms with E-state index in [1.165, 1.54) is 6.07 Å². The van der Waals surface area contributed by atoms with Gasteiger partial charge < -0.3 is 10.6 Å². The van der Waals surface area contributed by atoms with E-state index in [9.17, 15) is 18.4 Å². The van der Waals surface area contributed by atoms with Gasteiger partial charge in [-0.25, -0.2) is 8.78 Å². The van der Waals surface area contributed by atoms with Crippen molar-refractivity contribution >= 4 is 11.8 Å². The smallest absolute Gasteiger partial charge is 0.257 e. The van der Waals surface area contributed by atoms with Crippen LogP contribution < -0.4 is 10.6 Å². The lowest BCUT2D eigenvalue weighted by molar-refractivity contribution is 0.0922. The summed E-state index contributed by atoms with van der Waals surface area (Å²) >= 11 is 0. The average molecular weight is 412 g/mol. The molecule has 0 aliphatic heterocycles. The minimum Gasteiger partial charge on any atom is -0.350 e. The van der Waals surface area contributed by atoms with Crippen molar-refractivity contribution in [3.63, 3.8) is 0 Å². The highest BCUT2D eigenvalue weighted by Crippen LogP contribution is 2.15. The highest BCUT2D eigenvalue weighted by molar-refractivity contribution is 5.96. The van der Waals surface area contributed by atoms with Crippen molar-refractivity contribution < 1.29 is 18.4 Å². The monoisotopic (exact) mass is 412 g/mol. The van der Waals surface area contributed by atoms with Gasteiger partial charge in [0, 0.05) is 18.8 Å². The first-order chi connectivity index (χ1) is 14.4. The molecule has 156 valence electrons. The van der Waals surface area contributed by atoms with Crippen LogP contribution in [-0.2, 0) is 6.54 Å². The van der Waals surface area contributed by atoms with Crippen molar-refractivity contribution in [2.75, 3.05) is 13.1 Å². The van der Waals surface area contributed by atoms with Crippen LogP contribution in [-0.4, -0.2) is 34.7 Å². The minimum absolute atomic E-state index is 0.0224. The van der Waals surface area contributed by atoms with Gasteiger partial charge in [-0.15, -0.1) is 0 Å². The number of hydrogen-bond acceptors (Lipinski definition) is 3. The van der Waals surface area contributed by atoms with Crippen molar-refractivity contribution in [1.29, 1.82) is 0 Å². The highest BCUT2D eigenvalue weighted by Gasteiger charge is 2.19. The first kappa shape index (κ1) is 21.2. The van der Waals surface area contributed by atoms with Gasteiger partial charge in [0.1, 0.15) is 17.2 Å². The van der Waals surface area contributed by atoms with Crippen molar-refractivity contribution in [1.82, 2.24) is 20.4 Å². The number of benzene rings is 2. The summed E-state index contributed by atoms with van der Waals surface area (Å²) < 4.78 is 29.0. The molecule has 3 aromatic rings. The van der Waals surface area contributed by atoms with Gasteiger partial charge in [0.05, 0.1) is 17.8 Å². The van der Waals surface area contributed by atoms with Crippen molar-refractivity contribution in [2.45, 2.75) is 20.4 Å². The zero-order chi connectivity index (χ0) is 21.7. The van der Waals surface area contributed by atoms with E-state index in [-0.39, 0.29) is 19.0 Å². The summed E-state index contributed by atoms with van der Waals surface area (Å²) in [6.45, 7) is 4.25. The number of aryl methyl sites for hydroxylation is 1. The van der Waals surface area contributed by atoms with Crippen molar-refractivity contribution in [3.05, 3.63) is 88.2 Å². The van der Waals surface area contributed by atoms with Gasteiger partial charge in [-0.1, -0.05) is 36.4 Å². The van der Waals surface area contributed by atoms with Crippen LogP contribution >= 0.6 is 0 Å².